The Labute approximate surface area is 202 Å². The van der Waals surface area contributed by atoms with Gasteiger partial charge in [0, 0.05) is 26.2 Å². The van der Waals surface area contributed by atoms with Crippen LogP contribution in [0.25, 0.3) is 0 Å². The molecule has 2 fully saturated rings. The summed E-state index contributed by atoms with van der Waals surface area (Å²) in [7, 11) is -3.66. The Hall–Kier alpha value is -2.55. The van der Waals surface area contributed by atoms with Crippen LogP contribution in [0.15, 0.2) is 29.2 Å². The fourth-order valence-corrected chi connectivity index (χ4v) is 7.24. The molecule has 2 aromatic carbocycles. The molecule has 2 aromatic rings. The summed E-state index contributed by atoms with van der Waals surface area (Å²) < 4.78 is 28.7. The third kappa shape index (κ3) is 3.97. The van der Waals surface area contributed by atoms with Gasteiger partial charge >= 0.3 is 0 Å². The summed E-state index contributed by atoms with van der Waals surface area (Å²) in [4.78, 5) is 29.9. The quantitative estimate of drug-likeness (QED) is 0.625. The fraction of sp³-hybridized carbons (Fsp3) is 0.462. The molecule has 2 amide bonds. The highest BCUT2D eigenvalue weighted by Crippen LogP contribution is 2.33. The molecule has 0 unspecified atom stereocenters. The van der Waals surface area contributed by atoms with Crippen molar-refractivity contribution in [2.45, 2.75) is 58.9 Å². The van der Waals surface area contributed by atoms with Gasteiger partial charge < -0.3 is 0 Å². The number of para-hydroxylation sites is 1. The predicted octanol–water partition coefficient (Wildman–Crippen LogP) is 3.18. The molecule has 0 bridgehead atoms. The highest BCUT2D eigenvalue weighted by molar-refractivity contribution is 7.89. The molecule has 8 heteroatoms. The maximum atomic E-state index is 13.6. The molecule has 2 saturated heterocycles. The number of carbonyl (C=O) groups excluding carboxylic acids is 2. The number of piperazine rings is 1. The largest absolute Gasteiger partial charge is 0.289 e. The molecule has 0 radical (unpaired) electrons. The highest BCUT2D eigenvalue weighted by Gasteiger charge is 2.45. The van der Waals surface area contributed by atoms with E-state index in [1.165, 1.54) is 9.21 Å². The van der Waals surface area contributed by atoms with Crippen molar-refractivity contribution in [3.05, 3.63) is 57.6 Å². The van der Waals surface area contributed by atoms with Gasteiger partial charge in [0.15, 0.2) is 0 Å². The van der Waals surface area contributed by atoms with E-state index in [0.717, 1.165) is 33.4 Å². The van der Waals surface area contributed by atoms with Crippen LogP contribution in [0, 0.1) is 41.5 Å². The molecule has 2 aliphatic rings. The molecule has 34 heavy (non-hydrogen) atoms. The van der Waals surface area contributed by atoms with E-state index < -0.39 is 16.1 Å². The average Bonchev–Trinajstić information content (AvgIpc) is 3.06. The van der Waals surface area contributed by atoms with Gasteiger partial charge in [-0.05, 0) is 74.9 Å². The van der Waals surface area contributed by atoms with Gasteiger partial charge in [0.25, 0.3) is 5.91 Å². The minimum atomic E-state index is -3.66. The number of sulfonamides is 1. The predicted molar refractivity (Wildman–Crippen MR) is 133 cm³/mol. The lowest BCUT2D eigenvalue weighted by Crippen LogP contribution is -2.54. The third-order valence-corrected chi connectivity index (χ3v) is 9.57. The number of hydrogen-bond donors (Lipinski definition) is 0. The Morgan fingerprint density at radius 1 is 0.794 bits per heavy atom. The van der Waals surface area contributed by atoms with Crippen molar-refractivity contribution in [1.29, 1.82) is 0 Å². The number of nitrogens with zero attached hydrogens (tertiary/aromatic N) is 3. The minimum Gasteiger partial charge on any atom is -0.289 e. The molecule has 1 atom stereocenters. The van der Waals surface area contributed by atoms with Crippen molar-refractivity contribution in [1.82, 2.24) is 9.21 Å². The number of benzene rings is 2. The number of anilines is 1. The first-order chi connectivity index (χ1) is 15.9. The smallest absolute Gasteiger partial charge is 0.251 e. The molecule has 0 spiro atoms. The zero-order chi connectivity index (χ0) is 24.9. The van der Waals surface area contributed by atoms with Crippen LogP contribution in [0.5, 0.6) is 0 Å². The molecule has 2 heterocycles. The maximum Gasteiger partial charge on any atom is 0.251 e. The number of imide groups is 1. The van der Waals surface area contributed by atoms with Crippen LogP contribution in [0.2, 0.25) is 0 Å². The molecule has 0 aliphatic carbocycles. The lowest BCUT2D eigenvalue weighted by Gasteiger charge is -2.37. The number of amides is 2. The van der Waals surface area contributed by atoms with Crippen molar-refractivity contribution >= 4 is 27.5 Å². The third-order valence-electron chi connectivity index (χ3n) is 7.40. The lowest BCUT2D eigenvalue weighted by molar-refractivity contribution is -0.123. The molecule has 2 aliphatic heterocycles. The molecule has 7 nitrogen and oxygen atoms in total. The summed E-state index contributed by atoms with van der Waals surface area (Å²) >= 11 is 0. The summed E-state index contributed by atoms with van der Waals surface area (Å²) in [6, 6.07) is 7.18. The van der Waals surface area contributed by atoms with Crippen molar-refractivity contribution in [3.63, 3.8) is 0 Å². The van der Waals surface area contributed by atoms with Crippen LogP contribution in [0.3, 0.4) is 0 Å². The van der Waals surface area contributed by atoms with Gasteiger partial charge in [0.2, 0.25) is 15.9 Å². The molecule has 182 valence electrons. The maximum absolute atomic E-state index is 13.6. The second-order valence-electron chi connectivity index (χ2n) is 9.56. The average molecular weight is 484 g/mol. The first-order valence-electron chi connectivity index (χ1n) is 11.7. The highest BCUT2D eigenvalue weighted by atomic mass is 32.2. The van der Waals surface area contributed by atoms with Crippen LogP contribution in [0.1, 0.15) is 39.8 Å². The van der Waals surface area contributed by atoms with E-state index in [1.807, 2.05) is 70.7 Å². The molecule has 4 rings (SSSR count). The van der Waals surface area contributed by atoms with Crippen molar-refractivity contribution < 1.29 is 18.0 Å². The first-order valence-corrected chi connectivity index (χ1v) is 13.1. The zero-order valence-electron chi connectivity index (χ0n) is 20.8. The van der Waals surface area contributed by atoms with Crippen LogP contribution >= 0.6 is 0 Å². The van der Waals surface area contributed by atoms with Gasteiger partial charge in [-0.3, -0.25) is 14.5 Å². The van der Waals surface area contributed by atoms with Crippen LogP contribution in [-0.2, 0) is 19.6 Å². The van der Waals surface area contributed by atoms with E-state index in [9.17, 15) is 18.0 Å². The summed E-state index contributed by atoms with van der Waals surface area (Å²) in [5, 5.41) is 0. The summed E-state index contributed by atoms with van der Waals surface area (Å²) in [6.07, 6.45) is 0.120. The molecule has 0 N–H and O–H groups in total. The van der Waals surface area contributed by atoms with E-state index in [0.29, 0.717) is 23.7 Å². The van der Waals surface area contributed by atoms with Gasteiger partial charge in [-0.1, -0.05) is 24.3 Å². The van der Waals surface area contributed by atoms with Gasteiger partial charge in [-0.2, -0.15) is 4.31 Å². The van der Waals surface area contributed by atoms with Crippen molar-refractivity contribution in [2.75, 3.05) is 31.1 Å². The van der Waals surface area contributed by atoms with E-state index in [2.05, 4.69) is 0 Å². The van der Waals surface area contributed by atoms with Gasteiger partial charge in [-0.25, -0.2) is 13.3 Å². The fourth-order valence-electron chi connectivity index (χ4n) is 5.25. The Morgan fingerprint density at radius 3 is 1.85 bits per heavy atom. The molecule has 0 saturated carbocycles. The first kappa shape index (κ1) is 24.6. The second kappa shape index (κ2) is 8.91. The second-order valence-corrected chi connectivity index (χ2v) is 11.4. The van der Waals surface area contributed by atoms with Gasteiger partial charge in [-0.15, -0.1) is 0 Å². The topological polar surface area (TPSA) is 78.0 Å². The molecular weight excluding hydrogens is 450 g/mol. The number of rotatable bonds is 4. The van der Waals surface area contributed by atoms with E-state index >= 15 is 0 Å². The Morgan fingerprint density at radius 2 is 1.32 bits per heavy atom. The zero-order valence-corrected chi connectivity index (χ0v) is 21.6. The van der Waals surface area contributed by atoms with Gasteiger partial charge in [0.1, 0.15) is 0 Å². The summed E-state index contributed by atoms with van der Waals surface area (Å²) in [6.45, 7) is 12.8. The molecular formula is C26H33N3O4S. The number of aryl methyl sites for hydroxylation is 4. The standard InChI is InChI=1S/C26H33N3O4S/c1-16-8-7-9-17(2)24(16)29-23(30)15-22(26(29)31)27-10-12-28(13-11-27)34(32,33)25-20(5)18(3)14-19(4)21(25)6/h7-9,14,22H,10-13,15H2,1-6H3/t22-/m1/s1. The summed E-state index contributed by atoms with van der Waals surface area (Å²) in [5.41, 5.74) is 5.93. The Balaban J connectivity index is 1.53. The van der Waals surface area contributed by atoms with E-state index in [-0.39, 0.29) is 31.3 Å². The molecule has 0 aromatic heterocycles. The summed E-state index contributed by atoms with van der Waals surface area (Å²) in [5.74, 6) is -0.427. The number of carbonyl (C=O) groups is 2. The van der Waals surface area contributed by atoms with Crippen LogP contribution < -0.4 is 4.90 Å². The normalized spacial score (nSPS) is 20.4. The minimum absolute atomic E-state index is 0.120. The lowest BCUT2D eigenvalue weighted by atomic mass is 10.0. The SMILES string of the molecule is Cc1cc(C)c(C)c(S(=O)(=O)N2CCN([C@@H]3CC(=O)N(c4c(C)cccc4C)C3=O)CC2)c1C. The van der Waals surface area contributed by atoms with E-state index in [1.54, 1.807) is 0 Å². The Kier molecular flexibility index (Phi) is 6.44. The van der Waals surface area contributed by atoms with Crippen molar-refractivity contribution in [3.8, 4) is 0 Å². The monoisotopic (exact) mass is 483 g/mol. The van der Waals surface area contributed by atoms with Crippen LogP contribution in [-0.4, -0.2) is 61.7 Å². The van der Waals surface area contributed by atoms with Crippen LogP contribution in [0.4, 0.5) is 5.69 Å². The van der Waals surface area contributed by atoms with E-state index in [4.69, 9.17) is 0 Å². The van der Waals surface area contributed by atoms with Crippen molar-refractivity contribution in [2.24, 2.45) is 0 Å². The Bertz CT molecular complexity index is 1230. The van der Waals surface area contributed by atoms with Gasteiger partial charge in [0.05, 0.1) is 23.0 Å². The number of hydrogen-bond acceptors (Lipinski definition) is 5.